The number of hydrogen-bond donors (Lipinski definition) is 1. The van der Waals surface area contributed by atoms with Crippen molar-refractivity contribution in [1.29, 1.82) is 0 Å². The van der Waals surface area contributed by atoms with E-state index in [0.29, 0.717) is 5.75 Å². The number of rotatable bonds is 5. The van der Waals surface area contributed by atoms with Crippen molar-refractivity contribution >= 4 is 0 Å². The van der Waals surface area contributed by atoms with Gasteiger partial charge in [0.1, 0.15) is 5.75 Å². The molecular formula is C14H21FN2O2. The van der Waals surface area contributed by atoms with Crippen molar-refractivity contribution in [2.24, 2.45) is 0 Å². The number of nitrogens with one attached hydrogen (secondary N) is 1. The van der Waals surface area contributed by atoms with E-state index < -0.39 is 0 Å². The molecule has 1 N–H and O–H groups in total. The van der Waals surface area contributed by atoms with Gasteiger partial charge in [0, 0.05) is 38.8 Å². The molecule has 1 aromatic rings. The van der Waals surface area contributed by atoms with Crippen molar-refractivity contribution in [3.63, 3.8) is 0 Å². The van der Waals surface area contributed by atoms with Crippen LogP contribution in [0.3, 0.4) is 0 Å². The molecule has 0 spiro atoms. The van der Waals surface area contributed by atoms with Gasteiger partial charge in [-0.05, 0) is 18.1 Å². The lowest BCUT2D eigenvalue weighted by Crippen LogP contribution is -2.44. The summed E-state index contributed by atoms with van der Waals surface area (Å²) in [5.41, 5.74) is 0.985. The van der Waals surface area contributed by atoms with Gasteiger partial charge in [-0.15, -0.1) is 0 Å². The van der Waals surface area contributed by atoms with Crippen LogP contribution in [-0.2, 0) is 6.42 Å². The van der Waals surface area contributed by atoms with E-state index in [-0.39, 0.29) is 11.6 Å². The summed E-state index contributed by atoms with van der Waals surface area (Å²) in [6.07, 6.45) is 0.833. The topological polar surface area (TPSA) is 33.7 Å². The number of halogens is 1. The predicted octanol–water partition coefficient (Wildman–Crippen LogP) is 1.29. The maximum atomic E-state index is 13.6. The van der Waals surface area contributed by atoms with Gasteiger partial charge in [-0.25, -0.2) is 4.39 Å². The fourth-order valence-electron chi connectivity index (χ4n) is 2.33. The molecule has 0 unspecified atom stereocenters. The lowest BCUT2D eigenvalue weighted by Gasteiger charge is -2.27. The normalized spacial score (nSPS) is 16.4. The van der Waals surface area contributed by atoms with Crippen molar-refractivity contribution in [1.82, 2.24) is 10.2 Å². The molecule has 0 atom stereocenters. The Bertz CT molecular complexity index is 420. The standard InChI is InChI=1S/C14H21FN2O2/c1-18-13-10-12(15)14(19-2)9-11(13)3-6-17-7-4-16-5-8-17/h9-10,16H,3-8H2,1-2H3. The highest BCUT2D eigenvalue weighted by Crippen LogP contribution is 2.28. The number of piperazine rings is 1. The van der Waals surface area contributed by atoms with Gasteiger partial charge in [0.2, 0.25) is 0 Å². The van der Waals surface area contributed by atoms with Crippen LogP contribution < -0.4 is 14.8 Å². The molecule has 1 saturated heterocycles. The maximum Gasteiger partial charge on any atom is 0.168 e. The first kappa shape index (κ1) is 14.1. The number of hydrogen-bond acceptors (Lipinski definition) is 4. The van der Waals surface area contributed by atoms with Gasteiger partial charge in [0.05, 0.1) is 14.2 Å². The molecule has 19 heavy (non-hydrogen) atoms. The smallest absolute Gasteiger partial charge is 0.168 e. The van der Waals surface area contributed by atoms with Gasteiger partial charge in [-0.1, -0.05) is 0 Å². The van der Waals surface area contributed by atoms with Crippen molar-refractivity contribution in [2.75, 3.05) is 46.9 Å². The maximum absolute atomic E-state index is 13.6. The highest BCUT2D eigenvalue weighted by atomic mass is 19.1. The van der Waals surface area contributed by atoms with Gasteiger partial charge in [0.25, 0.3) is 0 Å². The Kier molecular flexibility index (Phi) is 4.99. The van der Waals surface area contributed by atoms with Crippen LogP contribution in [0.15, 0.2) is 12.1 Å². The van der Waals surface area contributed by atoms with Crippen molar-refractivity contribution in [3.05, 3.63) is 23.5 Å². The van der Waals surface area contributed by atoms with Crippen LogP contribution in [0.25, 0.3) is 0 Å². The van der Waals surface area contributed by atoms with Crippen molar-refractivity contribution in [3.8, 4) is 11.5 Å². The molecule has 4 nitrogen and oxygen atoms in total. The Hall–Kier alpha value is -1.33. The van der Waals surface area contributed by atoms with Crippen LogP contribution in [0.1, 0.15) is 5.56 Å². The van der Waals surface area contributed by atoms with Gasteiger partial charge in [0.15, 0.2) is 11.6 Å². The second-order valence-corrected chi connectivity index (χ2v) is 4.64. The van der Waals surface area contributed by atoms with Crippen LogP contribution in [0.2, 0.25) is 0 Å². The Morgan fingerprint density at radius 3 is 2.47 bits per heavy atom. The van der Waals surface area contributed by atoms with E-state index in [1.807, 2.05) is 0 Å². The van der Waals surface area contributed by atoms with E-state index in [2.05, 4.69) is 10.2 Å². The number of benzene rings is 1. The molecule has 1 heterocycles. The zero-order chi connectivity index (χ0) is 13.7. The second-order valence-electron chi connectivity index (χ2n) is 4.64. The van der Waals surface area contributed by atoms with Crippen LogP contribution >= 0.6 is 0 Å². The number of nitrogens with zero attached hydrogens (tertiary/aromatic N) is 1. The summed E-state index contributed by atoms with van der Waals surface area (Å²) >= 11 is 0. The van der Waals surface area contributed by atoms with Crippen LogP contribution in [0.5, 0.6) is 11.5 Å². The minimum absolute atomic E-state index is 0.274. The molecule has 0 radical (unpaired) electrons. The third kappa shape index (κ3) is 3.58. The summed E-state index contributed by atoms with van der Waals surface area (Å²) in [5, 5.41) is 3.33. The van der Waals surface area contributed by atoms with Crippen LogP contribution in [0, 0.1) is 5.82 Å². The van der Waals surface area contributed by atoms with E-state index in [4.69, 9.17) is 9.47 Å². The lowest BCUT2D eigenvalue weighted by molar-refractivity contribution is 0.243. The van der Waals surface area contributed by atoms with Crippen LogP contribution in [0.4, 0.5) is 4.39 Å². The molecule has 0 aromatic heterocycles. The van der Waals surface area contributed by atoms with E-state index >= 15 is 0 Å². The van der Waals surface area contributed by atoms with E-state index in [1.165, 1.54) is 13.2 Å². The Labute approximate surface area is 113 Å². The number of methoxy groups -OCH3 is 2. The fraction of sp³-hybridized carbons (Fsp3) is 0.571. The average molecular weight is 268 g/mol. The van der Waals surface area contributed by atoms with E-state index in [9.17, 15) is 4.39 Å². The molecule has 0 amide bonds. The molecule has 0 bridgehead atoms. The first-order valence-electron chi connectivity index (χ1n) is 6.58. The van der Waals surface area contributed by atoms with E-state index in [0.717, 1.165) is 44.7 Å². The predicted molar refractivity (Wildman–Crippen MR) is 72.5 cm³/mol. The molecule has 5 heteroatoms. The third-order valence-corrected chi connectivity index (χ3v) is 3.46. The SMILES string of the molecule is COc1cc(CCN2CCNCC2)c(OC)cc1F. The zero-order valence-electron chi connectivity index (χ0n) is 11.5. The van der Waals surface area contributed by atoms with Gasteiger partial charge < -0.3 is 19.7 Å². The molecule has 0 saturated carbocycles. The molecular weight excluding hydrogens is 247 g/mol. The Morgan fingerprint density at radius 1 is 1.16 bits per heavy atom. The van der Waals surface area contributed by atoms with Gasteiger partial charge in [-0.2, -0.15) is 0 Å². The van der Waals surface area contributed by atoms with Gasteiger partial charge >= 0.3 is 0 Å². The molecule has 0 aliphatic carbocycles. The van der Waals surface area contributed by atoms with Gasteiger partial charge in [-0.3, -0.25) is 0 Å². The largest absolute Gasteiger partial charge is 0.496 e. The summed E-state index contributed by atoms with van der Waals surface area (Å²) in [6, 6.07) is 3.13. The highest BCUT2D eigenvalue weighted by Gasteiger charge is 2.14. The second kappa shape index (κ2) is 6.73. The summed E-state index contributed by atoms with van der Waals surface area (Å²) in [4.78, 5) is 2.39. The minimum atomic E-state index is -0.384. The van der Waals surface area contributed by atoms with Crippen LogP contribution in [-0.4, -0.2) is 51.8 Å². The molecule has 1 fully saturated rings. The molecule has 1 aliphatic heterocycles. The van der Waals surface area contributed by atoms with E-state index in [1.54, 1.807) is 13.2 Å². The number of ether oxygens (including phenoxy) is 2. The first-order chi connectivity index (χ1) is 9.24. The summed E-state index contributed by atoms with van der Waals surface area (Å²) in [6.45, 7) is 5.13. The minimum Gasteiger partial charge on any atom is -0.496 e. The molecule has 2 rings (SSSR count). The third-order valence-electron chi connectivity index (χ3n) is 3.46. The average Bonchev–Trinajstić information content (AvgIpc) is 2.46. The lowest BCUT2D eigenvalue weighted by atomic mass is 10.1. The molecule has 1 aliphatic rings. The summed E-state index contributed by atoms with van der Waals surface area (Å²) in [5.74, 6) is 0.481. The molecule has 1 aromatic carbocycles. The van der Waals surface area contributed by atoms with Crippen molar-refractivity contribution in [2.45, 2.75) is 6.42 Å². The monoisotopic (exact) mass is 268 g/mol. The first-order valence-corrected chi connectivity index (χ1v) is 6.58. The Morgan fingerprint density at radius 2 is 1.84 bits per heavy atom. The zero-order valence-corrected chi connectivity index (χ0v) is 11.5. The van der Waals surface area contributed by atoms with Crippen molar-refractivity contribution < 1.29 is 13.9 Å². The summed E-state index contributed by atoms with van der Waals surface area (Å²) in [7, 11) is 3.04. The molecule has 106 valence electrons. The quantitative estimate of drug-likeness (QED) is 0.872. The highest BCUT2D eigenvalue weighted by molar-refractivity contribution is 5.41. The summed E-state index contributed by atoms with van der Waals surface area (Å²) < 4.78 is 23.9. The Balaban J connectivity index is 2.05. The fourth-order valence-corrected chi connectivity index (χ4v) is 2.33.